The minimum atomic E-state index is -0.299. The number of halogens is 1. The van der Waals surface area contributed by atoms with Crippen molar-refractivity contribution in [2.24, 2.45) is 11.7 Å². The van der Waals surface area contributed by atoms with Crippen LogP contribution in [0.1, 0.15) is 36.9 Å². The lowest BCUT2D eigenvalue weighted by Gasteiger charge is -2.29. The maximum absolute atomic E-state index is 13.1. The molecule has 0 spiro atoms. The van der Waals surface area contributed by atoms with Crippen molar-refractivity contribution in [2.75, 3.05) is 7.11 Å². The molecule has 2 aromatic carbocycles. The average Bonchev–Trinajstić information content (AvgIpc) is 3.50. The molecule has 2 aromatic rings. The second kappa shape index (κ2) is 9.06. The van der Waals surface area contributed by atoms with E-state index in [2.05, 4.69) is 0 Å². The normalized spacial score (nSPS) is 15.5. The number of carbonyl (C=O) groups is 1. The Bertz CT molecular complexity index is 719. The molecule has 0 bridgehead atoms. The monoisotopic (exact) mass is 374 g/mol. The molecule has 2 atom stereocenters. The number of amides is 1. The molecule has 1 aliphatic rings. The van der Waals surface area contributed by atoms with Gasteiger partial charge in [-0.25, -0.2) is 0 Å². The molecule has 1 fully saturated rings. The minimum absolute atomic E-state index is 0. The van der Waals surface area contributed by atoms with E-state index >= 15 is 0 Å². The Labute approximate surface area is 161 Å². The highest BCUT2D eigenvalue weighted by Crippen LogP contribution is 2.33. The van der Waals surface area contributed by atoms with E-state index < -0.39 is 0 Å². The van der Waals surface area contributed by atoms with Crippen LogP contribution in [0.3, 0.4) is 0 Å². The summed E-state index contributed by atoms with van der Waals surface area (Å²) in [5.74, 6) is 0.670. The van der Waals surface area contributed by atoms with Gasteiger partial charge in [0.1, 0.15) is 5.75 Å². The van der Waals surface area contributed by atoms with E-state index in [1.54, 1.807) is 7.11 Å². The molecule has 2 unspecified atom stereocenters. The number of rotatable bonds is 7. The first-order chi connectivity index (χ1) is 12.1. The SMILES string of the molecule is COc1ccccc1CN(C(=O)C(C)C(N)c1ccccc1)C1CC1.Cl. The van der Waals surface area contributed by atoms with Gasteiger partial charge >= 0.3 is 0 Å². The first kappa shape index (κ1) is 20.3. The van der Waals surface area contributed by atoms with Gasteiger partial charge in [-0.3, -0.25) is 4.79 Å². The Morgan fingerprint density at radius 1 is 1.15 bits per heavy atom. The fourth-order valence-corrected chi connectivity index (χ4v) is 3.17. The van der Waals surface area contributed by atoms with Crippen LogP contribution in [0.5, 0.6) is 5.75 Å². The summed E-state index contributed by atoms with van der Waals surface area (Å²) < 4.78 is 5.44. The van der Waals surface area contributed by atoms with Gasteiger partial charge in [-0.2, -0.15) is 0 Å². The summed E-state index contributed by atoms with van der Waals surface area (Å²) in [6, 6.07) is 17.7. The van der Waals surface area contributed by atoms with E-state index in [0.29, 0.717) is 12.6 Å². The zero-order valence-corrected chi connectivity index (χ0v) is 16.1. The number of carbonyl (C=O) groups excluding carboxylic acids is 1. The van der Waals surface area contributed by atoms with Crippen molar-refractivity contribution < 1.29 is 9.53 Å². The molecule has 1 saturated carbocycles. The first-order valence-corrected chi connectivity index (χ1v) is 8.84. The number of nitrogens with zero attached hydrogens (tertiary/aromatic N) is 1. The molecule has 3 rings (SSSR count). The molecule has 26 heavy (non-hydrogen) atoms. The summed E-state index contributed by atoms with van der Waals surface area (Å²) in [5, 5.41) is 0. The van der Waals surface area contributed by atoms with Crippen LogP contribution in [-0.4, -0.2) is 24.0 Å². The molecule has 4 nitrogen and oxygen atoms in total. The van der Waals surface area contributed by atoms with Gasteiger partial charge in [0, 0.05) is 24.2 Å². The highest BCUT2D eigenvalue weighted by molar-refractivity contribution is 5.85. The summed E-state index contributed by atoms with van der Waals surface area (Å²) in [4.78, 5) is 15.1. The Kier molecular flexibility index (Phi) is 7.06. The van der Waals surface area contributed by atoms with Crippen molar-refractivity contribution in [2.45, 2.75) is 38.4 Å². The van der Waals surface area contributed by atoms with E-state index in [9.17, 15) is 4.79 Å². The van der Waals surface area contributed by atoms with Gasteiger partial charge in [-0.1, -0.05) is 55.5 Å². The molecule has 0 aliphatic heterocycles. The van der Waals surface area contributed by atoms with Crippen LogP contribution < -0.4 is 10.5 Å². The number of methoxy groups -OCH3 is 1. The van der Waals surface area contributed by atoms with Crippen LogP contribution in [0.4, 0.5) is 0 Å². The van der Waals surface area contributed by atoms with Crippen LogP contribution in [0.25, 0.3) is 0 Å². The fraction of sp³-hybridized carbons (Fsp3) is 0.381. The standard InChI is InChI=1S/C21H26N2O2.ClH/c1-15(20(22)16-8-4-3-5-9-16)21(24)23(18-12-13-18)14-17-10-6-7-11-19(17)25-2;/h3-11,15,18,20H,12-14,22H2,1-2H3;1H. The van der Waals surface area contributed by atoms with Crippen molar-refractivity contribution >= 4 is 18.3 Å². The van der Waals surface area contributed by atoms with Crippen LogP contribution in [0, 0.1) is 5.92 Å². The lowest BCUT2D eigenvalue weighted by atomic mass is 9.94. The molecular weight excluding hydrogens is 348 g/mol. The third-order valence-corrected chi connectivity index (χ3v) is 4.92. The number of hydrogen-bond acceptors (Lipinski definition) is 3. The smallest absolute Gasteiger partial charge is 0.227 e. The highest BCUT2D eigenvalue weighted by Gasteiger charge is 2.36. The van der Waals surface area contributed by atoms with Gasteiger partial charge in [0.25, 0.3) is 0 Å². The lowest BCUT2D eigenvalue weighted by Crippen LogP contribution is -2.40. The van der Waals surface area contributed by atoms with Gasteiger partial charge in [-0.05, 0) is 24.5 Å². The first-order valence-electron chi connectivity index (χ1n) is 8.84. The van der Waals surface area contributed by atoms with Gasteiger partial charge in [0.15, 0.2) is 0 Å². The van der Waals surface area contributed by atoms with Crippen LogP contribution in [-0.2, 0) is 11.3 Å². The zero-order chi connectivity index (χ0) is 17.8. The third kappa shape index (κ3) is 4.57. The second-order valence-corrected chi connectivity index (χ2v) is 6.73. The number of benzene rings is 2. The summed E-state index contributed by atoms with van der Waals surface area (Å²) in [6.07, 6.45) is 2.13. The number of para-hydroxylation sites is 1. The maximum atomic E-state index is 13.1. The topological polar surface area (TPSA) is 55.6 Å². The maximum Gasteiger partial charge on any atom is 0.227 e. The van der Waals surface area contributed by atoms with Crippen LogP contribution in [0.15, 0.2) is 54.6 Å². The summed E-state index contributed by atoms with van der Waals surface area (Å²) in [5.41, 5.74) is 8.40. The quantitative estimate of drug-likeness (QED) is 0.798. The molecular formula is C21H27ClN2O2. The molecule has 0 heterocycles. The number of ether oxygens (including phenoxy) is 1. The van der Waals surface area contributed by atoms with Gasteiger partial charge in [0.05, 0.1) is 13.0 Å². The second-order valence-electron chi connectivity index (χ2n) is 6.73. The number of nitrogens with two attached hydrogens (primary N) is 1. The predicted molar refractivity (Wildman–Crippen MR) is 106 cm³/mol. The Hall–Kier alpha value is -2.04. The molecule has 5 heteroatoms. The average molecular weight is 375 g/mol. The largest absolute Gasteiger partial charge is 0.496 e. The van der Waals surface area contributed by atoms with Gasteiger partial charge in [0.2, 0.25) is 5.91 Å². The van der Waals surface area contributed by atoms with E-state index in [1.165, 1.54) is 0 Å². The Morgan fingerprint density at radius 2 is 1.77 bits per heavy atom. The van der Waals surface area contributed by atoms with Gasteiger partial charge in [-0.15, -0.1) is 12.4 Å². The Morgan fingerprint density at radius 3 is 2.38 bits per heavy atom. The minimum Gasteiger partial charge on any atom is -0.496 e. The van der Waals surface area contributed by atoms with Crippen molar-refractivity contribution in [3.8, 4) is 5.75 Å². The molecule has 0 radical (unpaired) electrons. The predicted octanol–water partition coefficient (Wildman–Crippen LogP) is 3.94. The third-order valence-electron chi connectivity index (χ3n) is 4.92. The molecule has 1 amide bonds. The van der Waals surface area contributed by atoms with Crippen molar-refractivity contribution in [1.29, 1.82) is 0 Å². The van der Waals surface area contributed by atoms with Crippen LogP contribution >= 0.6 is 12.4 Å². The fourth-order valence-electron chi connectivity index (χ4n) is 3.17. The van der Waals surface area contributed by atoms with E-state index in [4.69, 9.17) is 10.5 Å². The van der Waals surface area contributed by atoms with Crippen molar-refractivity contribution in [3.05, 3.63) is 65.7 Å². The van der Waals surface area contributed by atoms with E-state index in [-0.39, 0.29) is 30.3 Å². The summed E-state index contributed by atoms with van der Waals surface area (Å²) >= 11 is 0. The summed E-state index contributed by atoms with van der Waals surface area (Å²) in [6.45, 7) is 2.50. The molecule has 1 aliphatic carbocycles. The molecule has 2 N–H and O–H groups in total. The molecule has 0 aromatic heterocycles. The van der Waals surface area contributed by atoms with Gasteiger partial charge < -0.3 is 15.4 Å². The Balaban J connectivity index is 0.00000243. The highest BCUT2D eigenvalue weighted by atomic mass is 35.5. The van der Waals surface area contributed by atoms with E-state index in [1.807, 2.05) is 66.4 Å². The van der Waals surface area contributed by atoms with Crippen molar-refractivity contribution in [1.82, 2.24) is 4.90 Å². The van der Waals surface area contributed by atoms with Crippen LogP contribution in [0.2, 0.25) is 0 Å². The summed E-state index contributed by atoms with van der Waals surface area (Å²) in [7, 11) is 1.66. The number of hydrogen-bond donors (Lipinski definition) is 1. The van der Waals surface area contributed by atoms with Crippen molar-refractivity contribution in [3.63, 3.8) is 0 Å². The molecule has 140 valence electrons. The molecule has 0 saturated heterocycles. The lowest BCUT2D eigenvalue weighted by molar-refractivity contribution is -0.137. The zero-order valence-electron chi connectivity index (χ0n) is 15.3. The van der Waals surface area contributed by atoms with E-state index in [0.717, 1.165) is 29.7 Å².